The number of rotatable bonds is 3. The monoisotopic (exact) mass is 211 g/mol. The Morgan fingerprint density at radius 2 is 1.80 bits per heavy atom. The fraction of sp³-hybridized carbons (Fsp3) is 0.250. The lowest BCUT2D eigenvalue weighted by Gasteiger charge is -2.04. The lowest BCUT2D eigenvalue weighted by atomic mass is 10.1. The van der Waals surface area contributed by atoms with Crippen LogP contribution in [-0.4, -0.2) is 16.9 Å². The molecule has 0 amide bonds. The standard InChI is InChI=1S/C8H9N3O4/c1-5-3-4-6(10(12)13)7(9-2)8(5)11(14)15/h3-4,9H,1-2H3. The van der Waals surface area contributed by atoms with Crippen LogP contribution in [0.5, 0.6) is 0 Å². The van der Waals surface area contributed by atoms with Crippen molar-refractivity contribution in [2.45, 2.75) is 6.92 Å². The highest BCUT2D eigenvalue weighted by molar-refractivity contribution is 5.75. The molecule has 1 aromatic rings. The Hall–Kier alpha value is -2.18. The summed E-state index contributed by atoms with van der Waals surface area (Å²) in [5.74, 6) is 0. The fourth-order valence-electron chi connectivity index (χ4n) is 1.32. The molecule has 0 aliphatic rings. The molecule has 0 aliphatic heterocycles. The molecule has 0 aromatic heterocycles. The summed E-state index contributed by atoms with van der Waals surface area (Å²) in [6.45, 7) is 1.53. The van der Waals surface area contributed by atoms with Crippen LogP contribution in [0.2, 0.25) is 0 Å². The van der Waals surface area contributed by atoms with E-state index in [2.05, 4.69) is 5.32 Å². The van der Waals surface area contributed by atoms with Crippen LogP contribution in [0.3, 0.4) is 0 Å². The maximum Gasteiger partial charge on any atom is 0.302 e. The largest absolute Gasteiger partial charge is 0.377 e. The molecule has 0 aliphatic carbocycles. The molecule has 0 bridgehead atoms. The number of nitro benzene ring substituents is 2. The lowest BCUT2D eigenvalue weighted by Crippen LogP contribution is -2.02. The molecule has 1 aromatic carbocycles. The van der Waals surface area contributed by atoms with Crippen LogP contribution in [0.4, 0.5) is 17.1 Å². The first-order chi connectivity index (χ1) is 6.99. The summed E-state index contributed by atoms with van der Waals surface area (Å²) in [5.41, 5.74) is -0.235. The van der Waals surface area contributed by atoms with Gasteiger partial charge in [0, 0.05) is 18.7 Å². The normalized spacial score (nSPS) is 9.73. The molecule has 7 nitrogen and oxygen atoms in total. The van der Waals surface area contributed by atoms with Crippen molar-refractivity contribution in [3.8, 4) is 0 Å². The minimum atomic E-state index is -0.654. The molecule has 0 saturated heterocycles. The summed E-state index contributed by atoms with van der Waals surface area (Å²) in [6, 6.07) is 2.60. The summed E-state index contributed by atoms with van der Waals surface area (Å²) in [7, 11) is 1.41. The summed E-state index contributed by atoms with van der Waals surface area (Å²) in [5, 5.41) is 23.8. The van der Waals surface area contributed by atoms with Gasteiger partial charge >= 0.3 is 5.69 Å². The predicted octanol–water partition coefficient (Wildman–Crippen LogP) is 1.85. The van der Waals surface area contributed by atoms with Gasteiger partial charge in [-0.2, -0.15) is 0 Å². The summed E-state index contributed by atoms with van der Waals surface area (Å²) in [4.78, 5) is 20.0. The van der Waals surface area contributed by atoms with Crippen molar-refractivity contribution < 1.29 is 9.85 Å². The minimum Gasteiger partial charge on any atom is -0.377 e. The lowest BCUT2D eigenvalue weighted by molar-refractivity contribution is -0.392. The fourth-order valence-corrected chi connectivity index (χ4v) is 1.32. The third kappa shape index (κ3) is 1.85. The van der Waals surface area contributed by atoms with E-state index in [-0.39, 0.29) is 17.1 Å². The Balaban J connectivity index is 3.54. The summed E-state index contributed by atoms with van der Waals surface area (Å²) < 4.78 is 0. The number of nitro groups is 2. The van der Waals surface area contributed by atoms with Gasteiger partial charge in [-0.05, 0) is 13.0 Å². The number of hydrogen-bond donors (Lipinski definition) is 1. The third-order valence-electron chi connectivity index (χ3n) is 1.99. The van der Waals surface area contributed by atoms with Crippen LogP contribution in [0.25, 0.3) is 0 Å². The molecule has 0 radical (unpaired) electrons. The van der Waals surface area contributed by atoms with E-state index in [9.17, 15) is 20.2 Å². The average Bonchev–Trinajstić information content (AvgIpc) is 2.15. The molecule has 80 valence electrons. The molecular weight excluding hydrogens is 202 g/mol. The van der Waals surface area contributed by atoms with Crippen LogP contribution >= 0.6 is 0 Å². The van der Waals surface area contributed by atoms with Crippen LogP contribution in [0.1, 0.15) is 5.56 Å². The number of nitrogens with one attached hydrogen (secondary N) is 1. The quantitative estimate of drug-likeness (QED) is 0.607. The van der Waals surface area contributed by atoms with E-state index in [1.165, 1.54) is 26.1 Å². The second-order valence-electron chi connectivity index (χ2n) is 2.89. The Labute approximate surface area is 85.0 Å². The molecule has 0 atom stereocenters. The van der Waals surface area contributed by atoms with E-state index in [4.69, 9.17) is 0 Å². The Bertz CT molecular complexity index is 430. The van der Waals surface area contributed by atoms with E-state index in [1.807, 2.05) is 0 Å². The highest BCUT2D eigenvalue weighted by atomic mass is 16.6. The summed E-state index contributed by atoms with van der Waals surface area (Å²) >= 11 is 0. The van der Waals surface area contributed by atoms with Crippen molar-refractivity contribution in [2.24, 2.45) is 0 Å². The second kappa shape index (κ2) is 3.91. The van der Waals surface area contributed by atoms with E-state index in [0.717, 1.165) is 0 Å². The zero-order valence-corrected chi connectivity index (χ0v) is 8.18. The molecule has 15 heavy (non-hydrogen) atoms. The number of hydrogen-bond acceptors (Lipinski definition) is 5. The zero-order valence-electron chi connectivity index (χ0n) is 8.18. The van der Waals surface area contributed by atoms with Gasteiger partial charge in [-0.15, -0.1) is 0 Å². The minimum absolute atomic E-state index is 0.0648. The Morgan fingerprint density at radius 3 is 2.20 bits per heavy atom. The van der Waals surface area contributed by atoms with Crippen LogP contribution < -0.4 is 5.32 Å². The van der Waals surface area contributed by atoms with Crippen molar-refractivity contribution in [1.82, 2.24) is 0 Å². The van der Waals surface area contributed by atoms with Crippen molar-refractivity contribution in [1.29, 1.82) is 0 Å². The average molecular weight is 211 g/mol. The molecule has 0 spiro atoms. The highest BCUT2D eigenvalue weighted by Crippen LogP contribution is 2.36. The molecule has 0 fully saturated rings. The second-order valence-corrected chi connectivity index (χ2v) is 2.89. The third-order valence-corrected chi connectivity index (χ3v) is 1.99. The number of nitrogens with zero attached hydrogens (tertiary/aromatic N) is 2. The number of aryl methyl sites for hydroxylation is 1. The number of anilines is 1. The van der Waals surface area contributed by atoms with Gasteiger partial charge in [-0.1, -0.05) is 0 Å². The predicted molar refractivity (Wildman–Crippen MR) is 54.0 cm³/mol. The molecule has 0 unspecified atom stereocenters. The van der Waals surface area contributed by atoms with Crippen LogP contribution in [0.15, 0.2) is 12.1 Å². The van der Waals surface area contributed by atoms with Gasteiger partial charge in [-0.25, -0.2) is 0 Å². The first-order valence-electron chi connectivity index (χ1n) is 4.09. The van der Waals surface area contributed by atoms with Crippen molar-refractivity contribution in [3.63, 3.8) is 0 Å². The molecule has 7 heteroatoms. The van der Waals surface area contributed by atoms with E-state index < -0.39 is 9.85 Å². The van der Waals surface area contributed by atoms with E-state index >= 15 is 0 Å². The van der Waals surface area contributed by atoms with Crippen LogP contribution in [-0.2, 0) is 0 Å². The van der Waals surface area contributed by atoms with Gasteiger partial charge < -0.3 is 5.32 Å². The molecule has 0 saturated carbocycles. The Kier molecular flexibility index (Phi) is 2.84. The first-order valence-corrected chi connectivity index (χ1v) is 4.09. The van der Waals surface area contributed by atoms with Gasteiger partial charge in [0.15, 0.2) is 5.69 Å². The van der Waals surface area contributed by atoms with Gasteiger partial charge in [0.25, 0.3) is 5.69 Å². The summed E-state index contributed by atoms with van der Waals surface area (Å²) in [6.07, 6.45) is 0. The molecular formula is C8H9N3O4. The highest BCUT2D eigenvalue weighted by Gasteiger charge is 2.26. The Morgan fingerprint density at radius 1 is 1.20 bits per heavy atom. The van der Waals surface area contributed by atoms with Crippen molar-refractivity contribution in [2.75, 3.05) is 12.4 Å². The van der Waals surface area contributed by atoms with Crippen molar-refractivity contribution >= 4 is 17.1 Å². The maximum atomic E-state index is 10.7. The van der Waals surface area contributed by atoms with Crippen molar-refractivity contribution in [3.05, 3.63) is 37.9 Å². The van der Waals surface area contributed by atoms with Gasteiger partial charge in [-0.3, -0.25) is 20.2 Å². The SMILES string of the molecule is CNc1c([N+](=O)[O-])ccc(C)c1[N+](=O)[O-]. The van der Waals surface area contributed by atoms with Gasteiger partial charge in [0.05, 0.1) is 9.85 Å². The molecule has 0 heterocycles. The van der Waals surface area contributed by atoms with Gasteiger partial charge in [0.1, 0.15) is 0 Å². The van der Waals surface area contributed by atoms with E-state index in [0.29, 0.717) is 5.56 Å². The van der Waals surface area contributed by atoms with E-state index in [1.54, 1.807) is 0 Å². The molecule has 1 rings (SSSR count). The first kappa shape index (κ1) is 10.9. The zero-order chi connectivity index (χ0) is 11.6. The maximum absolute atomic E-state index is 10.7. The number of benzene rings is 1. The topological polar surface area (TPSA) is 98.3 Å². The van der Waals surface area contributed by atoms with Crippen LogP contribution in [0, 0.1) is 27.2 Å². The van der Waals surface area contributed by atoms with Gasteiger partial charge in [0.2, 0.25) is 0 Å². The smallest absolute Gasteiger partial charge is 0.302 e. The molecule has 1 N–H and O–H groups in total.